The highest BCUT2D eigenvalue weighted by atomic mass is 16.5. The molecule has 2 heterocycles. The zero-order valence-corrected chi connectivity index (χ0v) is 12.4. The van der Waals surface area contributed by atoms with Crippen molar-refractivity contribution in [1.29, 1.82) is 0 Å². The summed E-state index contributed by atoms with van der Waals surface area (Å²) < 4.78 is 12.5. The summed E-state index contributed by atoms with van der Waals surface area (Å²) in [6.07, 6.45) is -0.0696. The molecule has 22 heavy (non-hydrogen) atoms. The number of carbonyl (C=O) groups is 1. The van der Waals surface area contributed by atoms with Crippen LogP contribution in [0.2, 0.25) is 0 Å². The summed E-state index contributed by atoms with van der Waals surface area (Å²) in [4.78, 5) is 12.1. The normalized spacial score (nSPS) is 17.0. The fourth-order valence-electron chi connectivity index (χ4n) is 2.41. The van der Waals surface area contributed by atoms with Crippen LogP contribution in [0.15, 0.2) is 30.3 Å². The second-order valence-electron chi connectivity index (χ2n) is 5.03. The van der Waals surface area contributed by atoms with Crippen molar-refractivity contribution in [2.75, 3.05) is 20.3 Å². The molecule has 0 fully saturated rings. The van der Waals surface area contributed by atoms with Crippen molar-refractivity contribution >= 4 is 5.91 Å². The van der Waals surface area contributed by atoms with Gasteiger partial charge in [0, 0.05) is 13.7 Å². The van der Waals surface area contributed by atoms with E-state index in [0.29, 0.717) is 37.7 Å². The van der Waals surface area contributed by atoms with Crippen molar-refractivity contribution in [3.05, 3.63) is 47.3 Å². The number of benzene rings is 1. The van der Waals surface area contributed by atoms with Crippen LogP contribution in [-0.2, 0) is 22.6 Å². The Kier molecular flexibility index (Phi) is 4.45. The Balaban J connectivity index is 1.71. The SMILES string of the molecule is COCCNC(=O)c1nnn2c1COC(c1ccccc1)C2. The van der Waals surface area contributed by atoms with Crippen LogP contribution < -0.4 is 5.32 Å². The monoisotopic (exact) mass is 302 g/mol. The van der Waals surface area contributed by atoms with Gasteiger partial charge in [0.05, 0.1) is 25.5 Å². The molecule has 3 rings (SSSR count). The average Bonchev–Trinajstić information content (AvgIpc) is 2.99. The lowest BCUT2D eigenvalue weighted by Crippen LogP contribution is -2.29. The van der Waals surface area contributed by atoms with Crippen LogP contribution in [0.1, 0.15) is 27.8 Å². The van der Waals surface area contributed by atoms with Gasteiger partial charge in [0.15, 0.2) is 5.69 Å². The first-order chi connectivity index (χ1) is 10.8. The summed E-state index contributed by atoms with van der Waals surface area (Å²) in [5.41, 5.74) is 2.12. The highest BCUT2D eigenvalue weighted by Crippen LogP contribution is 2.26. The number of nitrogens with zero attached hydrogens (tertiary/aromatic N) is 3. The molecule has 0 saturated carbocycles. The van der Waals surface area contributed by atoms with E-state index in [9.17, 15) is 4.79 Å². The number of ether oxygens (including phenoxy) is 2. The molecule has 1 aromatic carbocycles. The molecule has 0 aliphatic carbocycles. The fraction of sp³-hybridized carbons (Fsp3) is 0.400. The first-order valence-electron chi connectivity index (χ1n) is 7.15. The Morgan fingerprint density at radius 2 is 2.27 bits per heavy atom. The lowest BCUT2D eigenvalue weighted by atomic mass is 10.1. The molecule has 0 saturated heterocycles. The van der Waals surface area contributed by atoms with Gasteiger partial charge in [-0.1, -0.05) is 35.5 Å². The van der Waals surface area contributed by atoms with Gasteiger partial charge in [0.25, 0.3) is 5.91 Å². The van der Waals surface area contributed by atoms with Gasteiger partial charge in [0.2, 0.25) is 0 Å². The molecule has 0 radical (unpaired) electrons. The third-order valence-corrected chi connectivity index (χ3v) is 3.58. The summed E-state index contributed by atoms with van der Waals surface area (Å²) in [6.45, 7) is 1.77. The first kappa shape index (κ1) is 14.7. The summed E-state index contributed by atoms with van der Waals surface area (Å²) in [7, 11) is 1.59. The van der Waals surface area contributed by atoms with Crippen LogP contribution in [0.3, 0.4) is 0 Å². The minimum Gasteiger partial charge on any atom is -0.383 e. The van der Waals surface area contributed by atoms with E-state index in [1.165, 1.54) is 0 Å². The smallest absolute Gasteiger partial charge is 0.273 e. The number of amides is 1. The van der Waals surface area contributed by atoms with Gasteiger partial charge in [-0.3, -0.25) is 4.79 Å². The van der Waals surface area contributed by atoms with E-state index in [0.717, 1.165) is 5.56 Å². The summed E-state index contributed by atoms with van der Waals surface area (Å²) >= 11 is 0. The number of carbonyl (C=O) groups excluding carboxylic acids is 1. The lowest BCUT2D eigenvalue weighted by Gasteiger charge is -2.24. The van der Waals surface area contributed by atoms with Crippen molar-refractivity contribution in [2.24, 2.45) is 0 Å². The number of hydrogen-bond donors (Lipinski definition) is 1. The zero-order valence-electron chi connectivity index (χ0n) is 12.4. The molecule has 7 heteroatoms. The molecule has 1 N–H and O–H groups in total. The number of rotatable bonds is 5. The number of nitrogens with one attached hydrogen (secondary N) is 1. The van der Waals surface area contributed by atoms with E-state index in [4.69, 9.17) is 9.47 Å². The highest BCUT2D eigenvalue weighted by molar-refractivity contribution is 5.93. The third kappa shape index (κ3) is 3.00. The number of methoxy groups -OCH3 is 1. The predicted octanol–water partition coefficient (Wildman–Crippen LogP) is 0.926. The molecule has 1 amide bonds. The molecule has 0 spiro atoms. The maximum absolute atomic E-state index is 12.1. The van der Waals surface area contributed by atoms with E-state index in [2.05, 4.69) is 15.6 Å². The lowest BCUT2D eigenvalue weighted by molar-refractivity contribution is -0.00177. The van der Waals surface area contributed by atoms with E-state index in [1.807, 2.05) is 30.3 Å². The number of hydrogen-bond acceptors (Lipinski definition) is 5. The molecule has 7 nitrogen and oxygen atoms in total. The maximum Gasteiger partial charge on any atom is 0.273 e. The standard InChI is InChI=1S/C15H18N4O3/c1-21-8-7-16-15(20)14-12-10-22-13(9-19(12)18-17-14)11-5-3-2-4-6-11/h2-6,13H,7-10H2,1H3,(H,16,20). The van der Waals surface area contributed by atoms with Crippen molar-refractivity contribution in [2.45, 2.75) is 19.3 Å². The van der Waals surface area contributed by atoms with Crippen LogP contribution in [0.25, 0.3) is 0 Å². The average molecular weight is 302 g/mol. The zero-order chi connectivity index (χ0) is 15.4. The van der Waals surface area contributed by atoms with Gasteiger partial charge in [-0.05, 0) is 5.56 Å². The highest BCUT2D eigenvalue weighted by Gasteiger charge is 2.27. The van der Waals surface area contributed by atoms with Gasteiger partial charge in [0.1, 0.15) is 6.10 Å². The van der Waals surface area contributed by atoms with Crippen LogP contribution in [-0.4, -0.2) is 41.2 Å². The Labute approximate surface area is 128 Å². The van der Waals surface area contributed by atoms with E-state index in [-0.39, 0.29) is 12.0 Å². The Bertz CT molecular complexity index is 641. The summed E-state index contributed by atoms with van der Waals surface area (Å²) in [6, 6.07) is 9.96. The topological polar surface area (TPSA) is 78.3 Å². The van der Waals surface area contributed by atoms with Crippen molar-refractivity contribution in [1.82, 2.24) is 20.3 Å². The Hall–Kier alpha value is -2.25. The van der Waals surface area contributed by atoms with Crippen molar-refractivity contribution < 1.29 is 14.3 Å². The second kappa shape index (κ2) is 6.67. The number of fused-ring (bicyclic) bond motifs is 1. The largest absolute Gasteiger partial charge is 0.383 e. The van der Waals surface area contributed by atoms with Crippen molar-refractivity contribution in [3.8, 4) is 0 Å². The number of aromatic nitrogens is 3. The van der Waals surface area contributed by atoms with Crippen LogP contribution in [0.4, 0.5) is 0 Å². The van der Waals surface area contributed by atoms with Gasteiger partial charge in [-0.25, -0.2) is 4.68 Å². The Morgan fingerprint density at radius 3 is 3.05 bits per heavy atom. The van der Waals surface area contributed by atoms with Crippen LogP contribution in [0, 0.1) is 0 Å². The summed E-state index contributed by atoms with van der Waals surface area (Å²) in [5, 5.41) is 10.8. The van der Waals surface area contributed by atoms with Gasteiger partial charge >= 0.3 is 0 Å². The second-order valence-corrected chi connectivity index (χ2v) is 5.03. The van der Waals surface area contributed by atoms with Crippen LogP contribution >= 0.6 is 0 Å². The Morgan fingerprint density at radius 1 is 1.45 bits per heavy atom. The van der Waals surface area contributed by atoms with E-state index in [1.54, 1.807) is 11.8 Å². The molecule has 1 atom stereocenters. The van der Waals surface area contributed by atoms with E-state index >= 15 is 0 Å². The maximum atomic E-state index is 12.1. The van der Waals surface area contributed by atoms with Gasteiger partial charge in [-0.2, -0.15) is 0 Å². The molecule has 116 valence electrons. The molecule has 1 aliphatic rings. The van der Waals surface area contributed by atoms with Gasteiger partial charge < -0.3 is 14.8 Å². The molecular weight excluding hydrogens is 284 g/mol. The molecule has 2 aromatic rings. The van der Waals surface area contributed by atoms with Crippen molar-refractivity contribution in [3.63, 3.8) is 0 Å². The minimum absolute atomic E-state index is 0.0696. The first-order valence-corrected chi connectivity index (χ1v) is 7.15. The third-order valence-electron chi connectivity index (χ3n) is 3.58. The van der Waals surface area contributed by atoms with E-state index < -0.39 is 0 Å². The summed E-state index contributed by atoms with van der Waals surface area (Å²) in [5.74, 6) is -0.250. The van der Waals surface area contributed by atoms with Gasteiger partial charge in [-0.15, -0.1) is 5.10 Å². The molecule has 1 aliphatic heterocycles. The predicted molar refractivity (Wildman–Crippen MR) is 78.2 cm³/mol. The molecular formula is C15H18N4O3. The molecule has 0 bridgehead atoms. The minimum atomic E-state index is -0.250. The van der Waals surface area contributed by atoms with Crippen LogP contribution in [0.5, 0.6) is 0 Å². The molecule has 1 unspecified atom stereocenters. The molecule has 1 aromatic heterocycles. The fourth-order valence-corrected chi connectivity index (χ4v) is 2.41. The quantitative estimate of drug-likeness (QED) is 0.831.